The topological polar surface area (TPSA) is 90.5 Å². The molecule has 0 radical (unpaired) electrons. The van der Waals surface area contributed by atoms with Crippen LogP contribution in [0.1, 0.15) is 11.3 Å². The third-order valence-corrected chi connectivity index (χ3v) is 3.29. The lowest BCUT2D eigenvalue weighted by molar-refractivity contribution is 0.109. The van der Waals surface area contributed by atoms with Crippen LogP contribution in [0, 0.1) is 0 Å². The van der Waals surface area contributed by atoms with Crippen molar-refractivity contribution in [3.63, 3.8) is 0 Å². The number of aromatic nitrogens is 2. The van der Waals surface area contributed by atoms with Gasteiger partial charge in [-0.3, -0.25) is 0 Å². The van der Waals surface area contributed by atoms with E-state index in [9.17, 15) is 5.11 Å². The Hall–Kier alpha value is -2.34. The van der Waals surface area contributed by atoms with Crippen LogP contribution >= 0.6 is 0 Å². The maximum Gasteiger partial charge on any atom is 0.161 e. The molecule has 0 fully saturated rings. The van der Waals surface area contributed by atoms with Crippen molar-refractivity contribution in [1.82, 2.24) is 9.97 Å². The van der Waals surface area contributed by atoms with E-state index in [1.54, 1.807) is 18.2 Å². The van der Waals surface area contributed by atoms with E-state index >= 15 is 0 Å². The van der Waals surface area contributed by atoms with Crippen LogP contribution in [0.15, 0.2) is 18.2 Å². The number of rotatable bonds is 2. The monoisotopic (exact) mass is 273 g/mol. The van der Waals surface area contributed by atoms with Crippen molar-refractivity contribution < 1.29 is 14.6 Å². The van der Waals surface area contributed by atoms with Crippen LogP contribution in [-0.2, 0) is 17.8 Å². The second-order valence-corrected chi connectivity index (χ2v) is 4.55. The first-order chi connectivity index (χ1) is 9.69. The second kappa shape index (κ2) is 4.97. The highest BCUT2D eigenvalue weighted by Gasteiger charge is 2.17. The fourth-order valence-corrected chi connectivity index (χ4v) is 2.22. The molecule has 2 heterocycles. The third kappa shape index (κ3) is 2.14. The zero-order valence-electron chi connectivity index (χ0n) is 11.1. The average molecular weight is 273 g/mol. The maximum atomic E-state index is 9.83. The van der Waals surface area contributed by atoms with E-state index in [0.29, 0.717) is 36.2 Å². The number of aromatic hydroxyl groups is 1. The van der Waals surface area contributed by atoms with Crippen molar-refractivity contribution in [3.8, 4) is 22.9 Å². The molecule has 0 spiro atoms. The Labute approximate surface area is 116 Å². The van der Waals surface area contributed by atoms with E-state index in [1.807, 2.05) is 0 Å². The van der Waals surface area contributed by atoms with Gasteiger partial charge in [0.2, 0.25) is 0 Å². The highest BCUT2D eigenvalue weighted by atomic mass is 16.5. The number of phenolic OH excluding ortho intramolecular Hbond substituents is 1. The summed E-state index contributed by atoms with van der Waals surface area (Å²) in [7, 11) is 1.50. The van der Waals surface area contributed by atoms with Gasteiger partial charge in [0, 0.05) is 17.5 Å². The molecule has 0 atom stereocenters. The van der Waals surface area contributed by atoms with E-state index in [4.69, 9.17) is 15.2 Å². The van der Waals surface area contributed by atoms with Gasteiger partial charge in [0.1, 0.15) is 5.82 Å². The molecule has 0 saturated carbocycles. The molecule has 3 rings (SSSR count). The molecule has 20 heavy (non-hydrogen) atoms. The summed E-state index contributed by atoms with van der Waals surface area (Å²) in [4.78, 5) is 8.81. The number of nitrogens with zero attached hydrogens (tertiary/aromatic N) is 2. The minimum Gasteiger partial charge on any atom is -0.504 e. The van der Waals surface area contributed by atoms with Gasteiger partial charge in [-0.05, 0) is 18.2 Å². The van der Waals surface area contributed by atoms with Crippen LogP contribution in [0.3, 0.4) is 0 Å². The molecule has 1 aromatic carbocycles. The summed E-state index contributed by atoms with van der Waals surface area (Å²) in [6.07, 6.45) is 0.719. The molecule has 0 unspecified atom stereocenters. The highest BCUT2D eigenvalue weighted by molar-refractivity contribution is 5.63. The van der Waals surface area contributed by atoms with Crippen molar-refractivity contribution in [2.75, 3.05) is 19.5 Å². The summed E-state index contributed by atoms with van der Waals surface area (Å²) >= 11 is 0. The maximum absolute atomic E-state index is 9.83. The molecule has 0 saturated heterocycles. The number of ether oxygens (including phenoxy) is 2. The zero-order valence-corrected chi connectivity index (χ0v) is 11.1. The number of phenols is 1. The predicted molar refractivity (Wildman–Crippen MR) is 73.5 cm³/mol. The summed E-state index contributed by atoms with van der Waals surface area (Å²) in [6, 6.07) is 5.03. The lowest BCUT2D eigenvalue weighted by Gasteiger charge is -2.17. The van der Waals surface area contributed by atoms with E-state index in [-0.39, 0.29) is 5.75 Å². The molecular formula is C14H15N3O3. The molecule has 6 nitrogen and oxygen atoms in total. The first-order valence-corrected chi connectivity index (χ1v) is 6.29. The van der Waals surface area contributed by atoms with Crippen molar-refractivity contribution in [1.29, 1.82) is 0 Å². The quantitative estimate of drug-likeness (QED) is 0.862. The van der Waals surface area contributed by atoms with Gasteiger partial charge in [-0.2, -0.15) is 0 Å². The lowest BCUT2D eigenvalue weighted by atomic mass is 10.1. The number of nitrogens with two attached hydrogens (primary N) is 1. The van der Waals surface area contributed by atoms with Crippen LogP contribution in [0.4, 0.5) is 5.82 Å². The van der Waals surface area contributed by atoms with Crippen LogP contribution in [-0.4, -0.2) is 28.8 Å². The largest absolute Gasteiger partial charge is 0.504 e. The Morgan fingerprint density at radius 1 is 1.35 bits per heavy atom. The smallest absolute Gasteiger partial charge is 0.161 e. The fourth-order valence-electron chi connectivity index (χ4n) is 2.22. The molecule has 1 aliphatic rings. The number of fused-ring (bicyclic) bond motifs is 1. The van der Waals surface area contributed by atoms with Crippen LogP contribution < -0.4 is 10.5 Å². The van der Waals surface area contributed by atoms with Gasteiger partial charge in [-0.1, -0.05) is 0 Å². The van der Waals surface area contributed by atoms with E-state index in [2.05, 4.69) is 9.97 Å². The van der Waals surface area contributed by atoms with Gasteiger partial charge in [0.25, 0.3) is 0 Å². The normalized spacial score (nSPS) is 13.8. The first kappa shape index (κ1) is 12.7. The van der Waals surface area contributed by atoms with Gasteiger partial charge in [0.15, 0.2) is 17.3 Å². The molecule has 0 aliphatic carbocycles. The average Bonchev–Trinajstić information content (AvgIpc) is 2.47. The second-order valence-electron chi connectivity index (χ2n) is 4.55. The highest BCUT2D eigenvalue weighted by Crippen LogP contribution is 2.31. The molecule has 6 heteroatoms. The number of hydrogen-bond acceptors (Lipinski definition) is 6. The number of hydrogen-bond donors (Lipinski definition) is 2. The van der Waals surface area contributed by atoms with E-state index in [1.165, 1.54) is 7.11 Å². The Morgan fingerprint density at radius 3 is 2.95 bits per heavy atom. The van der Waals surface area contributed by atoms with Gasteiger partial charge in [-0.25, -0.2) is 9.97 Å². The number of nitrogen functional groups attached to an aromatic ring is 1. The third-order valence-electron chi connectivity index (χ3n) is 3.29. The van der Waals surface area contributed by atoms with Crippen molar-refractivity contribution >= 4 is 5.82 Å². The minimum atomic E-state index is 0.0493. The lowest BCUT2D eigenvalue weighted by Crippen LogP contribution is -2.16. The fraction of sp³-hybridized carbons (Fsp3) is 0.286. The molecule has 0 bridgehead atoms. The molecule has 1 aromatic heterocycles. The molecule has 3 N–H and O–H groups in total. The number of benzene rings is 1. The molecule has 104 valence electrons. The molecule has 1 aliphatic heterocycles. The number of methoxy groups -OCH3 is 1. The Bertz CT molecular complexity index is 658. The first-order valence-electron chi connectivity index (χ1n) is 6.29. The van der Waals surface area contributed by atoms with Gasteiger partial charge in [-0.15, -0.1) is 0 Å². The Morgan fingerprint density at radius 2 is 2.20 bits per heavy atom. The molecule has 2 aromatic rings. The minimum absolute atomic E-state index is 0.0493. The SMILES string of the molecule is COc1ccc(-c2nc(N)c3c(n2)CCOC3)cc1O. The van der Waals surface area contributed by atoms with Crippen LogP contribution in [0.25, 0.3) is 11.4 Å². The zero-order chi connectivity index (χ0) is 14.1. The van der Waals surface area contributed by atoms with Gasteiger partial charge >= 0.3 is 0 Å². The van der Waals surface area contributed by atoms with Crippen LogP contribution in [0.5, 0.6) is 11.5 Å². The Kier molecular flexibility index (Phi) is 3.15. The molecular weight excluding hydrogens is 258 g/mol. The summed E-state index contributed by atoms with van der Waals surface area (Å²) < 4.78 is 10.4. The summed E-state index contributed by atoms with van der Waals surface area (Å²) in [5, 5.41) is 9.83. The van der Waals surface area contributed by atoms with Crippen LogP contribution in [0.2, 0.25) is 0 Å². The van der Waals surface area contributed by atoms with E-state index < -0.39 is 0 Å². The Balaban J connectivity index is 2.06. The van der Waals surface area contributed by atoms with Crippen molar-refractivity contribution in [2.24, 2.45) is 0 Å². The van der Waals surface area contributed by atoms with Crippen molar-refractivity contribution in [2.45, 2.75) is 13.0 Å². The van der Waals surface area contributed by atoms with E-state index in [0.717, 1.165) is 17.7 Å². The predicted octanol–water partition coefficient (Wildman–Crippen LogP) is 1.51. The van der Waals surface area contributed by atoms with Crippen molar-refractivity contribution in [3.05, 3.63) is 29.5 Å². The standard InChI is InChI=1S/C14H15N3O3/c1-19-12-3-2-8(6-11(12)18)14-16-10-4-5-20-7-9(10)13(15)17-14/h2-3,6,18H,4-5,7H2,1H3,(H2,15,16,17). The number of anilines is 1. The molecule has 0 amide bonds. The van der Waals surface area contributed by atoms with Gasteiger partial charge in [0.05, 0.1) is 26.0 Å². The summed E-state index contributed by atoms with van der Waals surface area (Å²) in [6.45, 7) is 1.09. The summed E-state index contributed by atoms with van der Waals surface area (Å²) in [5.41, 5.74) is 8.42. The summed E-state index contributed by atoms with van der Waals surface area (Å²) in [5.74, 6) is 1.39. The van der Waals surface area contributed by atoms with Gasteiger partial charge < -0.3 is 20.3 Å².